The standard InChI is InChI=1S/C12H16N2/c1(4-12-6-8-14-10-12)3-11-5-2-7-13-9-11/h1-3,5,7,9,12,14H,4,6,8,10H2/b3-1+. The normalized spacial score (nSPS) is 21.9. The Bertz CT molecular complexity index is 286. The molecule has 1 N–H and O–H groups in total. The van der Waals surface area contributed by atoms with Crippen molar-refractivity contribution in [2.45, 2.75) is 12.8 Å². The summed E-state index contributed by atoms with van der Waals surface area (Å²) >= 11 is 0. The molecule has 0 amide bonds. The predicted molar refractivity (Wildman–Crippen MR) is 58.9 cm³/mol. The largest absolute Gasteiger partial charge is 0.316 e. The first-order valence-electron chi connectivity index (χ1n) is 5.22. The van der Waals surface area contributed by atoms with Crippen molar-refractivity contribution in [2.24, 2.45) is 5.92 Å². The molecule has 0 radical (unpaired) electrons. The molecule has 1 fully saturated rings. The van der Waals surface area contributed by atoms with Gasteiger partial charge in [-0.2, -0.15) is 0 Å². The Hall–Kier alpha value is -1.15. The van der Waals surface area contributed by atoms with Gasteiger partial charge in [-0.1, -0.05) is 18.2 Å². The van der Waals surface area contributed by atoms with Gasteiger partial charge >= 0.3 is 0 Å². The molecule has 14 heavy (non-hydrogen) atoms. The molecule has 2 nitrogen and oxygen atoms in total. The third-order valence-corrected chi connectivity index (χ3v) is 2.63. The van der Waals surface area contributed by atoms with Crippen molar-refractivity contribution in [3.05, 3.63) is 36.2 Å². The van der Waals surface area contributed by atoms with E-state index in [-0.39, 0.29) is 0 Å². The van der Waals surface area contributed by atoms with Crippen LogP contribution in [0.15, 0.2) is 30.6 Å². The first kappa shape index (κ1) is 9.41. The molecule has 2 heteroatoms. The van der Waals surface area contributed by atoms with Crippen molar-refractivity contribution in [3.8, 4) is 0 Å². The maximum atomic E-state index is 4.07. The summed E-state index contributed by atoms with van der Waals surface area (Å²) < 4.78 is 0. The molecule has 1 aromatic heterocycles. The number of nitrogens with zero attached hydrogens (tertiary/aromatic N) is 1. The maximum Gasteiger partial charge on any atom is 0.0340 e. The second-order valence-corrected chi connectivity index (χ2v) is 3.78. The number of pyridine rings is 1. The van der Waals surface area contributed by atoms with E-state index in [1.807, 2.05) is 12.3 Å². The van der Waals surface area contributed by atoms with Crippen LogP contribution in [0.2, 0.25) is 0 Å². The molecule has 1 saturated heterocycles. The van der Waals surface area contributed by atoms with Crippen LogP contribution in [0.1, 0.15) is 18.4 Å². The van der Waals surface area contributed by atoms with E-state index in [0.29, 0.717) is 0 Å². The van der Waals surface area contributed by atoms with Gasteiger partial charge in [0.15, 0.2) is 0 Å². The molecule has 1 aliphatic rings. The Morgan fingerprint density at radius 2 is 2.57 bits per heavy atom. The lowest BCUT2D eigenvalue weighted by Gasteiger charge is -2.01. The van der Waals surface area contributed by atoms with Gasteiger partial charge in [-0.3, -0.25) is 4.98 Å². The summed E-state index contributed by atoms with van der Waals surface area (Å²) in [6.45, 7) is 2.36. The zero-order valence-electron chi connectivity index (χ0n) is 8.32. The molecule has 0 bridgehead atoms. The van der Waals surface area contributed by atoms with Gasteiger partial charge in [-0.05, 0) is 43.5 Å². The molecule has 1 aliphatic heterocycles. The maximum absolute atomic E-state index is 4.07. The van der Waals surface area contributed by atoms with Crippen molar-refractivity contribution < 1.29 is 0 Å². The Morgan fingerprint density at radius 1 is 1.57 bits per heavy atom. The quantitative estimate of drug-likeness (QED) is 0.785. The molecule has 1 aromatic rings. The minimum Gasteiger partial charge on any atom is -0.316 e. The number of hydrogen-bond donors (Lipinski definition) is 1. The van der Waals surface area contributed by atoms with Crippen molar-refractivity contribution in [1.82, 2.24) is 10.3 Å². The molecule has 0 spiro atoms. The lowest BCUT2D eigenvalue weighted by Crippen LogP contribution is -2.08. The fourth-order valence-corrected chi connectivity index (χ4v) is 1.79. The molecule has 74 valence electrons. The number of allylic oxidation sites excluding steroid dienone is 1. The topological polar surface area (TPSA) is 24.9 Å². The van der Waals surface area contributed by atoms with Crippen LogP contribution >= 0.6 is 0 Å². The van der Waals surface area contributed by atoms with Crippen LogP contribution in [0.5, 0.6) is 0 Å². The molecular weight excluding hydrogens is 172 g/mol. The van der Waals surface area contributed by atoms with Crippen molar-refractivity contribution in [1.29, 1.82) is 0 Å². The highest BCUT2D eigenvalue weighted by Gasteiger charge is 2.11. The lowest BCUT2D eigenvalue weighted by molar-refractivity contribution is 0.594. The van der Waals surface area contributed by atoms with Gasteiger partial charge in [0.1, 0.15) is 0 Å². The zero-order chi connectivity index (χ0) is 9.64. The summed E-state index contributed by atoms with van der Waals surface area (Å²) in [6, 6.07) is 4.05. The minimum absolute atomic E-state index is 0.836. The van der Waals surface area contributed by atoms with Crippen molar-refractivity contribution in [2.75, 3.05) is 13.1 Å². The summed E-state index contributed by atoms with van der Waals surface area (Å²) in [6.07, 6.45) is 10.6. The van der Waals surface area contributed by atoms with E-state index in [9.17, 15) is 0 Å². The highest BCUT2D eigenvalue weighted by atomic mass is 14.9. The zero-order valence-corrected chi connectivity index (χ0v) is 8.32. The van der Waals surface area contributed by atoms with Gasteiger partial charge < -0.3 is 5.32 Å². The average Bonchev–Trinajstić information content (AvgIpc) is 2.72. The van der Waals surface area contributed by atoms with Crippen LogP contribution in [-0.2, 0) is 0 Å². The molecule has 1 unspecified atom stereocenters. The smallest absolute Gasteiger partial charge is 0.0340 e. The van der Waals surface area contributed by atoms with Crippen LogP contribution in [-0.4, -0.2) is 18.1 Å². The van der Waals surface area contributed by atoms with E-state index >= 15 is 0 Å². The SMILES string of the molecule is C(=C\c1cccnc1)/CC1CCNC1. The number of hydrogen-bond acceptors (Lipinski definition) is 2. The number of nitrogens with one attached hydrogen (secondary N) is 1. The molecule has 2 rings (SSSR count). The Labute approximate surface area is 85.1 Å². The summed E-state index contributed by atoms with van der Waals surface area (Å²) in [5.74, 6) is 0.836. The molecule has 0 saturated carbocycles. The molecule has 0 aromatic carbocycles. The van der Waals surface area contributed by atoms with E-state index in [0.717, 1.165) is 5.92 Å². The lowest BCUT2D eigenvalue weighted by atomic mass is 10.0. The third kappa shape index (κ3) is 2.67. The van der Waals surface area contributed by atoms with E-state index in [4.69, 9.17) is 0 Å². The second kappa shape index (κ2) is 4.91. The fraction of sp³-hybridized carbons (Fsp3) is 0.417. The second-order valence-electron chi connectivity index (χ2n) is 3.78. The van der Waals surface area contributed by atoms with Crippen LogP contribution in [0.25, 0.3) is 6.08 Å². The molecule has 2 heterocycles. The molecule has 1 atom stereocenters. The van der Waals surface area contributed by atoms with Crippen LogP contribution in [0.4, 0.5) is 0 Å². The van der Waals surface area contributed by atoms with Gasteiger partial charge in [-0.25, -0.2) is 0 Å². The predicted octanol–water partition coefficient (Wildman–Crippen LogP) is 2.09. The summed E-state index contributed by atoms with van der Waals surface area (Å²) in [5, 5.41) is 3.37. The van der Waals surface area contributed by atoms with Crippen LogP contribution in [0.3, 0.4) is 0 Å². The van der Waals surface area contributed by atoms with E-state index in [1.54, 1.807) is 6.20 Å². The number of rotatable bonds is 3. The summed E-state index contributed by atoms with van der Waals surface area (Å²) in [7, 11) is 0. The van der Waals surface area contributed by atoms with Crippen LogP contribution < -0.4 is 5.32 Å². The highest BCUT2D eigenvalue weighted by molar-refractivity contribution is 5.47. The van der Waals surface area contributed by atoms with E-state index in [1.165, 1.54) is 31.5 Å². The first-order chi connectivity index (χ1) is 6.95. The van der Waals surface area contributed by atoms with E-state index in [2.05, 4.69) is 28.5 Å². The number of aromatic nitrogens is 1. The van der Waals surface area contributed by atoms with Crippen LogP contribution in [0, 0.1) is 5.92 Å². The monoisotopic (exact) mass is 188 g/mol. The fourth-order valence-electron chi connectivity index (χ4n) is 1.79. The first-order valence-corrected chi connectivity index (χ1v) is 5.22. The van der Waals surface area contributed by atoms with Gasteiger partial charge in [0, 0.05) is 12.4 Å². The Kier molecular flexibility index (Phi) is 3.30. The van der Waals surface area contributed by atoms with Gasteiger partial charge in [0.2, 0.25) is 0 Å². The van der Waals surface area contributed by atoms with Crippen molar-refractivity contribution >= 4 is 6.08 Å². The van der Waals surface area contributed by atoms with Gasteiger partial charge in [0.05, 0.1) is 0 Å². The van der Waals surface area contributed by atoms with Gasteiger partial charge in [-0.15, -0.1) is 0 Å². The third-order valence-electron chi connectivity index (χ3n) is 2.63. The van der Waals surface area contributed by atoms with Crippen molar-refractivity contribution in [3.63, 3.8) is 0 Å². The van der Waals surface area contributed by atoms with Gasteiger partial charge in [0.25, 0.3) is 0 Å². The average molecular weight is 188 g/mol. The minimum atomic E-state index is 0.836. The summed E-state index contributed by atoms with van der Waals surface area (Å²) in [4.78, 5) is 4.07. The Balaban J connectivity index is 1.82. The van der Waals surface area contributed by atoms with E-state index < -0.39 is 0 Å². The summed E-state index contributed by atoms with van der Waals surface area (Å²) in [5.41, 5.74) is 1.19. The molecule has 0 aliphatic carbocycles. The molecular formula is C12H16N2. The Morgan fingerprint density at radius 3 is 3.29 bits per heavy atom. The highest BCUT2D eigenvalue weighted by Crippen LogP contribution is 2.13.